The second-order valence-corrected chi connectivity index (χ2v) is 10.8. The van der Waals surface area contributed by atoms with Gasteiger partial charge in [0.05, 0.1) is 33.0 Å². The third-order valence-corrected chi connectivity index (χ3v) is 10.3. The summed E-state index contributed by atoms with van der Waals surface area (Å²) in [6.07, 6.45) is 10.0. The van der Waals surface area contributed by atoms with Gasteiger partial charge in [-0.1, -0.05) is 20.8 Å². The van der Waals surface area contributed by atoms with Gasteiger partial charge in [0, 0.05) is 18.4 Å². The summed E-state index contributed by atoms with van der Waals surface area (Å²) >= 11 is 0. The topological polar surface area (TPSA) is 36.9 Å². The van der Waals surface area contributed by atoms with Crippen LogP contribution in [0.5, 0.6) is 0 Å². The van der Waals surface area contributed by atoms with Gasteiger partial charge in [0.1, 0.15) is 0 Å². The molecule has 4 nitrogen and oxygen atoms in total. The quantitative estimate of drug-likeness (QED) is 0.642. The second kappa shape index (κ2) is 6.93. The van der Waals surface area contributed by atoms with Crippen LogP contribution in [-0.2, 0) is 18.9 Å². The van der Waals surface area contributed by atoms with E-state index in [1.807, 2.05) is 0 Å². The largest absolute Gasteiger partial charge is 0.379 e. The Morgan fingerprint density at radius 2 is 1.50 bits per heavy atom. The molecule has 0 aromatic heterocycles. The van der Waals surface area contributed by atoms with Crippen LogP contribution >= 0.6 is 0 Å². The molecule has 0 radical (unpaired) electrons. The van der Waals surface area contributed by atoms with E-state index in [-0.39, 0.29) is 11.2 Å². The molecule has 5 aliphatic rings. The number of rotatable bonds is 1. The molecule has 0 unspecified atom stereocenters. The van der Waals surface area contributed by atoms with Gasteiger partial charge in [-0.05, 0) is 73.5 Å². The van der Waals surface area contributed by atoms with Gasteiger partial charge in [-0.25, -0.2) is 0 Å². The Labute approximate surface area is 171 Å². The first-order valence-corrected chi connectivity index (χ1v) is 11.9. The summed E-state index contributed by atoms with van der Waals surface area (Å²) in [4.78, 5) is 0. The van der Waals surface area contributed by atoms with E-state index in [4.69, 9.17) is 18.9 Å². The average Bonchev–Trinajstić information content (AvgIpc) is 3.30. The zero-order valence-electron chi connectivity index (χ0n) is 18.3. The van der Waals surface area contributed by atoms with E-state index in [0.29, 0.717) is 22.7 Å². The van der Waals surface area contributed by atoms with Crippen molar-refractivity contribution in [1.82, 2.24) is 0 Å². The zero-order chi connectivity index (χ0) is 19.5. The summed E-state index contributed by atoms with van der Waals surface area (Å²) in [5.41, 5.74) is 0.917. The molecular weight excluding hydrogens is 352 g/mol. The fourth-order valence-corrected chi connectivity index (χ4v) is 8.97. The Bertz CT molecular complexity index is 587. The molecular formula is C24H40O4. The summed E-state index contributed by atoms with van der Waals surface area (Å²) < 4.78 is 24.7. The predicted octanol–water partition coefficient (Wildman–Crippen LogP) is 4.81. The smallest absolute Gasteiger partial charge is 0.174 e. The van der Waals surface area contributed by atoms with Crippen molar-refractivity contribution in [3.05, 3.63) is 0 Å². The lowest BCUT2D eigenvalue weighted by Gasteiger charge is -2.65. The van der Waals surface area contributed by atoms with E-state index < -0.39 is 0 Å². The van der Waals surface area contributed by atoms with Crippen molar-refractivity contribution < 1.29 is 18.9 Å². The average molecular weight is 393 g/mol. The molecule has 0 amide bonds. The van der Waals surface area contributed by atoms with Crippen molar-refractivity contribution >= 4 is 0 Å². The lowest BCUT2D eigenvalue weighted by Crippen LogP contribution is -2.61. The van der Waals surface area contributed by atoms with Gasteiger partial charge in [0.25, 0.3) is 0 Å². The van der Waals surface area contributed by atoms with Crippen LogP contribution in [0.15, 0.2) is 0 Å². The highest BCUT2D eigenvalue weighted by Gasteiger charge is 2.70. The van der Waals surface area contributed by atoms with Gasteiger partial charge < -0.3 is 18.9 Å². The first kappa shape index (κ1) is 19.8. The minimum absolute atomic E-state index is 0.169. The SMILES string of the molecule is CC[C@]12CCOCCOC[C@H]1CC[C@]1(C)[C@@H]2CC[C@@]2(C)[C@H]1CCC21OCCO1. The van der Waals surface area contributed by atoms with Crippen LogP contribution in [0.1, 0.15) is 72.1 Å². The molecule has 5 fully saturated rings. The monoisotopic (exact) mass is 392 g/mol. The van der Waals surface area contributed by atoms with Crippen LogP contribution in [0, 0.1) is 34.0 Å². The first-order chi connectivity index (χ1) is 13.5. The van der Waals surface area contributed by atoms with E-state index in [1.54, 1.807) is 0 Å². The normalized spacial score (nSPS) is 50.9. The van der Waals surface area contributed by atoms with Crippen LogP contribution in [-0.4, -0.2) is 45.4 Å². The molecule has 2 heterocycles. The van der Waals surface area contributed by atoms with E-state index in [2.05, 4.69) is 20.8 Å². The summed E-state index contributed by atoms with van der Waals surface area (Å²) in [6, 6.07) is 0. The van der Waals surface area contributed by atoms with Crippen molar-refractivity contribution in [2.75, 3.05) is 39.6 Å². The van der Waals surface area contributed by atoms with Crippen molar-refractivity contribution in [2.45, 2.75) is 77.9 Å². The van der Waals surface area contributed by atoms with Crippen molar-refractivity contribution in [3.63, 3.8) is 0 Å². The van der Waals surface area contributed by atoms with Gasteiger partial charge in [0.2, 0.25) is 0 Å². The number of ether oxygens (including phenoxy) is 4. The Hall–Kier alpha value is -0.160. The molecule has 0 aromatic carbocycles. The molecule has 1 spiro atoms. The maximum Gasteiger partial charge on any atom is 0.174 e. The van der Waals surface area contributed by atoms with Crippen LogP contribution in [0.3, 0.4) is 0 Å². The van der Waals surface area contributed by atoms with Crippen LogP contribution in [0.25, 0.3) is 0 Å². The molecule has 4 heteroatoms. The van der Waals surface area contributed by atoms with E-state index >= 15 is 0 Å². The third-order valence-electron chi connectivity index (χ3n) is 10.3. The fourth-order valence-electron chi connectivity index (χ4n) is 8.97. The lowest BCUT2D eigenvalue weighted by atomic mass is 9.40. The van der Waals surface area contributed by atoms with E-state index in [9.17, 15) is 0 Å². The number of hydrogen-bond acceptors (Lipinski definition) is 4. The van der Waals surface area contributed by atoms with Crippen LogP contribution in [0.2, 0.25) is 0 Å². The minimum Gasteiger partial charge on any atom is -0.379 e. The summed E-state index contributed by atoms with van der Waals surface area (Å²) in [5.74, 6) is 1.86. The van der Waals surface area contributed by atoms with E-state index in [1.165, 1.54) is 44.9 Å². The highest BCUT2D eigenvalue weighted by Crippen LogP contribution is 2.73. The molecule has 0 bridgehead atoms. The zero-order valence-corrected chi connectivity index (χ0v) is 18.3. The highest BCUT2D eigenvalue weighted by atomic mass is 16.7. The maximum atomic E-state index is 6.35. The van der Waals surface area contributed by atoms with Crippen molar-refractivity contribution in [3.8, 4) is 0 Å². The molecule has 5 rings (SSSR count). The minimum atomic E-state index is -0.299. The number of hydrogen-bond donors (Lipinski definition) is 0. The Kier molecular flexibility index (Phi) is 4.90. The van der Waals surface area contributed by atoms with Crippen LogP contribution < -0.4 is 0 Å². The van der Waals surface area contributed by atoms with Crippen molar-refractivity contribution in [1.29, 1.82) is 0 Å². The highest BCUT2D eigenvalue weighted by molar-refractivity contribution is 5.16. The molecule has 0 N–H and O–H groups in total. The fraction of sp³-hybridized carbons (Fsp3) is 1.00. The molecule has 6 atom stereocenters. The van der Waals surface area contributed by atoms with Gasteiger partial charge >= 0.3 is 0 Å². The third kappa shape index (κ3) is 2.50. The summed E-state index contributed by atoms with van der Waals surface area (Å²) in [5, 5.41) is 0. The first-order valence-electron chi connectivity index (χ1n) is 11.9. The van der Waals surface area contributed by atoms with Gasteiger partial charge in [-0.2, -0.15) is 0 Å². The molecule has 3 saturated carbocycles. The molecule has 28 heavy (non-hydrogen) atoms. The number of fused-ring (bicyclic) bond motifs is 6. The standard InChI is InChI=1S/C24H40O4/c1-4-23-11-12-25-13-14-26-17-18(23)5-8-21(2)19-7-10-24(27-15-16-28-24)22(19,3)9-6-20(21)23/h18-20H,4-17H2,1-3H3/t18-,19+,20+,21+,22+,23+/m1/s1. The maximum absolute atomic E-state index is 6.35. The summed E-state index contributed by atoms with van der Waals surface area (Å²) in [7, 11) is 0. The molecule has 2 saturated heterocycles. The van der Waals surface area contributed by atoms with Gasteiger partial charge in [0.15, 0.2) is 5.79 Å². The Morgan fingerprint density at radius 3 is 2.29 bits per heavy atom. The van der Waals surface area contributed by atoms with Crippen LogP contribution in [0.4, 0.5) is 0 Å². The predicted molar refractivity (Wildman–Crippen MR) is 108 cm³/mol. The lowest BCUT2D eigenvalue weighted by molar-refractivity contribution is -0.262. The van der Waals surface area contributed by atoms with Gasteiger partial charge in [-0.3, -0.25) is 0 Å². The molecule has 3 aliphatic carbocycles. The van der Waals surface area contributed by atoms with Crippen molar-refractivity contribution in [2.24, 2.45) is 34.0 Å². The van der Waals surface area contributed by atoms with E-state index in [0.717, 1.165) is 52.0 Å². The Balaban J connectivity index is 1.51. The Morgan fingerprint density at radius 1 is 0.750 bits per heavy atom. The molecule has 160 valence electrons. The second-order valence-electron chi connectivity index (χ2n) is 10.8. The molecule has 0 aromatic rings. The van der Waals surface area contributed by atoms with Gasteiger partial charge in [-0.15, -0.1) is 0 Å². The molecule has 2 aliphatic heterocycles. The summed E-state index contributed by atoms with van der Waals surface area (Å²) in [6.45, 7) is 12.5.